The second-order valence-corrected chi connectivity index (χ2v) is 14.4. The fourth-order valence-corrected chi connectivity index (χ4v) is 7.31. The van der Waals surface area contributed by atoms with Crippen molar-refractivity contribution >= 4 is 0 Å². The lowest BCUT2D eigenvalue weighted by Gasteiger charge is -2.48. The number of benzene rings is 4. The quantitative estimate of drug-likeness (QED) is 0.120. The van der Waals surface area contributed by atoms with Crippen molar-refractivity contribution in [2.24, 2.45) is 0 Å². The Morgan fingerprint density at radius 1 is 0.519 bits per heavy atom. The molecule has 3 heterocycles. The van der Waals surface area contributed by atoms with E-state index in [9.17, 15) is 0 Å². The summed E-state index contributed by atoms with van der Waals surface area (Å²) in [4.78, 5) is 0. The third-order valence-electron chi connectivity index (χ3n) is 9.93. The van der Waals surface area contributed by atoms with Gasteiger partial charge in [0.15, 0.2) is 18.4 Å². The molecule has 3 aliphatic rings. The summed E-state index contributed by atoms with van der Waals surface area (Å²) in [5.74, 6) is -0.901. The van der Waals surface area contributed by atoms with Crippen LogP contribution in [0.3, 0.4) is 0 Å². The van der Waals surface area contributed by atoms with Gasteiger partial charge in [0.1, 0.15) is 42.7 Å². The molecule has 0 amide bonds. The number of fused-ring (bicyclic) bond motifs is 1. The number of hydrogen-bond acceptors (Lipinski definition) is 10. The molecule has 4 aromatic carbocycles. The summed E-state index contributed by atoms with van der Waals surface area (Å²) in [5, 5.41) is 0. The summed E-state index contributed by atoms with van der Waals surface area (Å²) >= 11 is 0. The largest absolute Gasteiger partial charge is 0.374 e. The second kappa shape index (κ2) is 18.4. The zero-order valence-electron chi connectivity index (χ0n) is 31.4. The van der Waals surface area contributed by atoms with E-state index in [1.54, 1.807) is 7.11 Å². The van der Waals surface area contributed by atoms with Gasteiger partial charge in [0.25, 0.3) is 0 Å². The summed E-state index contributed by atoms with van der Waals surface area (Å²) in [6.07, 6.45) is -6.23. The highest BCUT2D eigenvalue weighted by atomic mass is 16.8. The molecule has 10 nitrogen and oxygen atoms in total. The van der Waals surface area contributed by atoms with Crippen molar-refractivity contribution in [3.8, 4) is 0 Å². The molecule has 0 unspecified atom stereocenters. The zero-order valence-corrected chi connectivity index (χ0v) is 31.4. The van der Waals surface area contributed by atoms with Crippen LogP contribution in [-0.2, 0) is 73.8 Å². The number of ether oxygens (including phenoxy) is 10. The first kappa shape index (κ1) is 38.7. The van der Waals surface area contributed by atoms with Crippen LogP contribution in [0.25, 0.3) is 0 Å². The molecule has 288 valence electrons. The Hall–Kier alpha value is -3.52. The molecule has 54 heavy (non-hydrogen) atoms. The van der Waals surface area contributed by atoms with Gasteiger partial charge in [0.05, 0.1) is 39.1 Å². The van der Waals surface area contributed by atoms with Gasteiger partial charge < -0.3 is 47.4 Å². The van der Waals surface area contributed by atoms with Crippen molar-refractivity contribution < 1.29 is 47.4 Å². The number of methoxy groups -OCH3 is 1. The molecule has 0 aliphatic carbocycles. The van der Waals surface area contributed by atoms with E-state index in [1.807, 2.05) is 142 Å². The molecule has 0 spiro atoms. The van der Waals surface area contributed by atoms with E-state index >= 15 is 0 Å². The van der Waals surface area contributed by atoms with Gasteiger partial charge in [-0.3, -0.25) is 0 Å². The van der Waals surface area contributed by atoms with E-state index < -0.39 is 67.2 Å². The van der Waals surface area contributed by atoms with Crippen molar-refractivity contribution in [2.75, 3.05) is 13.7 Å². The normalized spacial score (nSPS) is 30.5. The third kappa shape index (κ3) is 9.82. The van der Waals surface area contributed by atoms with Crippen molar-refractivity contribution in [1.82, 2.24) is 0 Å². The molecule has 10 heteroatoms. The molecule has 7 rings (SSSR count). The predicted octanol–water partition coefficient (Wildman–Crippen LogP) is 6.98. The molecule has 0 bridgehead atoms. The summed E-state index contributed by atoms with van der Waals surface area (Å²) in [6, 6.07) is 40.2. The van der Waals surface area contributed by atoms with E-state index in [0.717, 1.165) is 22.3 Å². The smallest absolute Gasteiger partial charge is 0.187 e. The third-order valence-corrected chi connectivity index (χ3v) is 9.93. The van der Waals surface area contributed by atoms with E-state index in [0.29, 0.717) is 26.4 Å². The van der Waals surface area contributed by atoms with Gasteiger partial charge in [-0.15, -0.1) is 0 Å². The molecular weight excluding hydrogens is 688 g/mol. The molecule has 3 aliphatic heterocycles. The van der Waals surface area contributed by atoms with Crippen LogP contribution in [-0.4, -0.2) is 80.9 Å². The Kier molecular flexibility index (Phi) is 13.2. The summed E-state index contributed by atoms with van der Waals surface area (Å²) < 4.78 is 65.5. The van der Waals surface area contributed by atoms with Gasteiger partial charge in [-0.1, -0.05) is 121 Å². The van der Waals surface area contributed by atoms with Crippen molar-refractivity contribution in [3.63, 3.8) is 0 Å². The molecule has 3 saturated heterocycles. The first-order valence-corrected chi connectivity index (χ1v) is 18.8. The topological polar surface area (TPSA) is 92.3 Å². The van der Waals surface area contributed by atoms with Crippen molar-refractivity contribution in [2.45, 2.75) is 114 Å². The van der Waals surface area contributed by atoms with E-state index in [-0.39, 0.29) is 6.61 Å². The average molecular weight is 741 g/mol. The summed E-state index contributed by atoms with van der Waals surface area (Å²) in [6.45, 7) is 7.48. The lowest BCUT2D eigenvalue weighted by molar-refractivity contribution is -0.365. The van der Waals surface area contributed by atoms with Crippen LogP contribution in [0.1, 0.15) is 43.0 Å². The molecule has 3 fully saturated rings. The van der Waals surface area contributed by atoms with Crippen LogP contribution in [0, 0.1) is 0 Å². The molecule has 0 radical (unpaired) electrons. The second-order valence-electron chi connectivity index (χ2n) is 14.4. The first-order chi connectivity index (χ1) is 26.4. The Balaban J connectivity index is 1.15. The molecular formula is C44H52O10. The average Bonchev–Trinajstić information content (AvgIpc) is 3.53. The molecule has 10 atom stereocenters. The van der Waals surface area contributed by atoms with E-state index in [4.69, 9.17) is 47.4 Å². The molecule has 0 saturated carbocycles. The minimum absolute atomic E-state index is 0.275. The van der Waals surface area contributed by atoms with Crippen LogP contribution in [0.15, 0.2) is 121 Å². The van der Waals surface area contributed by atoms with Crippen LogP contribution in [0.2, 0.25) is 0 Å². The minimum atomic E-state index is -0.911. The first-order valence-electron chi connectivity index (χ1n) is 18.8. The maximum absolute atomic E-state index is 6.95. The molecule has 0 N–H and O–H groups in total. The molecule has 0 aromatic heterocycles. The summed E-state index contributed by atoms with van der Waals surface area (Å²) in [5.41, 5.74) is 4.14. The van der Waals surface area contributed by atoms with Gasteiger partial charge in [-0.05, 0) is 43.0 Å². The van der Waals surface area contributed by atoms with E-state index in [1.165, 1.54) is 0 Å². The van der Waals surface area contributed by atoms with Gasteiger partial charge in [-0.25, -0.2) is 0 Å². The number of rotatable bonds is 16. The molecule has 4 aromatic rings. The lowest BCUT2D eigenvalue weighted by atomic mass is 9.97. The number of hydrogen-bond donors (Lipinski definition) is 0. The van der Waals surface area contributed by atoms with Gasteiger partial charge in [0, 0.05) is 7.11 Å². The highest BCUT2D eigenvalue weighted by Crippen LogP contribution is 2.41. The van der Waals surface area contributed by atoms with Crippen LogP contribution in [0.5, 0.6) is 0 Å². The monoisotopic (exact) mass is 740 g/mol. The Bertz CT molecular complexity index is 1680. The van der Waals surface area contributed by atoms with Crippen molar-refractivity contribution in [3.05, 3.63) is 144 Å². The van der Waals surface area contributed by atoms with Crippen molar-refractivity contribution in [1.29, 1.82) is 0 Å². The maximum Gasteiger partial charge on any atom is 0.187 e. The highest BCUT2D eigenvalue weighted by Gasteiger charge is 2.58. The SMILES string of the molecule is CO[C@H]1O[C@H](COCc2ccccc2)[C@@H]2OC(C)(C)O[C@@H]2[C@H]1O[C@@H]1O[C@@H](C)[C@@H](OCc2ccccc2)[C@@H](OCc2ccccc2)[C@@H]1OCc1ccccc1. The summed E-state index contributed by atoms with van der Waals surface area (Å²) in [7, 11) is 1.59. The van der Waals surface area contributed by atoms with Crippen LogP contribution < -0.4 is 0 Å². The van der Waals surface area contributed by atoms with Crippen LogP contribution >= 0.6 is 0 Å². The fourth-order valence-electron chi connectivity index (χ4n) is 7.31. The predicted molar refractivity (Wildman–Crippen MR) is 200 cm³/mol. The Morgan fingerprint density at radius 2 is 0.981 bits per heavy atom. The van der Waals surface area contributed by atoms with Gasteiger partial charge >= 0.3 is 0 Å². The fraction of sp³-hybridized carbons (Fsp3) is 0.455. The standard InChI is InChI=1S/C44H52O10/c1-30-36(47-26-32-19-11-6-12-20-32)38(48-27-33-21-13-7-14-22-33)40(49-28-34-23-15-8-16-24-34)43(50-30)52-41-39-37(53-44(2,3)54-39)35(51-42(41)45-4)29-46-25-31-17-9-5-10-18-31/h5-24,30,35-43H,25-29H2,1-4H3/t30-,35+,36+,37-,38+,39-,40-,41+,42-,43-/m0/s1. The lowest BCUT2D eigenvalue weighted by Crippen LogP contribution is -2.64. The minimum Gasteiger partial charge on any atom is -0.374 e. The zero-order chi connectivity index (χ0) is 37.3. The Morgan fingerprint density at radius 3 is 1.50 bits per heavy atom. The highest BCUT2D eigenvalue weighted by molar-refractivity contribution is 5.16. The van der Waals surface area contributed by atoms with Gasteiger partial charge in [-0.2, -0.15) is 0 Å². The Labute approximate surface area is 318 Å². The van der Waals surface area contributed by atoms with Gasteiger partial charge in [0.2, 0.25) is 0 Å². The van der Waals surface area contributed by atoms with Crippen LogP contribution in [0.4, 0.5) is 0 Å². The maximum atomic E-state index is 6.95. The van der Waals surface area contributed by atoms with E-state index in [2.05, 4.69) is 0 Å².